The van der Waals surface area contributed by atoms with Crippen molar-refractivity contribution in [2.75, 3.05) is 44.8 Å². The molecule has 0 saturated carbocycles. The van der Waals surface area contributed by atoms with Crippen molar-refractivity contribution in [3.05, 3.63) is 53.6 Å². The van der Waals surface area contributed by atoms with E-state index >= 15 is 0 Å². The second-order valence-electron chi connectivity index (χ2n) is 9.41. The second kappa shape index (κ2) is 13.4. The number of methoxy groups -OCH3 is 1. The number of amides is 2. The zero-order chi connectivity index (χ0) is 26.9. The fourth-order valence-corrected chi connectivity index (χ4v) is 4.48. The van der Waals surface area contributed by atoms with Gasteiger partial charge in [0.05, 0.1) is 12.8 Å². The first kappa shape index (κ1) is 28.4. The number of anilines is 1. The average Bonchev–Trinajstić information content (AvgIpc) is 2.88. The van der Waals surface area contributed by atoms with Crippen LogP contribution in [0.25, 0.3) is 0 Å². The lowest BCUT2D eigenvalue weighted by Crippen LogP contribution is -2.41. The standard InChI is InChI=1S/C28H37F2N3O4/c1-5-27(34)33-14-8-12-31(20(2)3)11-7-13-32(18-21-15-24(29)25(30)17-26(21)33)28(35)19-37-23-10-6-9-22(16-23)36-4/h6,9-10,15-17,20H,5,7-8,11-14,18-19H2,1-4H3. The Morgan fingerprint density at radius 1 is 0.946 bits per heavy atom. The maximum Gasteiger partial charge on any atom is 0.260 e. The SMILES string of the molecule is CCC(=O)N1CCCN(C(C)C)CCCN(C(=O)COc2cccc(OC)c2)Cc2cc(F)c(F)cc21. The molecule has 0 fully saturated rings. The third kappa shape index (κ3) is 7.64. The summed E-state index contributed by atoms with van der Waals surface area (Å²) in [5.74, 6) is -1.42. The normalized spacial score (nSPS) is 15.5. The monoisotopic (exact) mass is 517 g/mol. The van der Waals surface area contributed by atoms with Gasteiger partial charge in [-0.05, 0) is 50.5 Å². The Balaban J connectivity index is 1.92. The molecule has 0 aromatic heterocycles. The van der Waals surface area contributed by atoms with E-state index in [0.717, 1.165) is 25.2 Å². The minimum Gasteiger partial charge on any atom is -0.497 e. The lowest BCUT2D eigenvalue weighted by atomic mass is 10.1. The molecular weight excluding hydrogens is 480 g/mol. The van der Waals surface area contributed by atoms with Gasteiger partial charge in [-0.15, -0.1) is 0 Å². The molecule has 2 aromatic carbocycles. The largest absolute Gasteiger partial charge is 0.497 e. The van der Waals surface area contributed by atoms with E-state index in [1.807, 2.05) is 0 Å². The molecule has 2 aromatic rings. The van der Waals surface area contributed by atoms with Gasteiger partial charge in [0, 0.05) is 57.3 Å². The highest BCUT2D eigenvalue weighted by Gasteiger charge is 2.25. The molecule has 9 heteroatoms. The maximum atomic E-state index is 14.4. The number of hydrogen-bond donors (Lipinski definition) is 0. The Morgan fingerprint density at radius 3 is 2.30 bits per heavy atom. The highest BCUT2D eigenvalue weighted by molar-refractivity contribution is 5.94. The maximum absolute atomic E-state index is 14.4. The summed E-state index contributed by atoms with van der Waals surface area (Å²) in [6.45, 7) is 8.06. The highest BCUT2D eigenvalue weighted by Crippen LogP contribution is 2.28. The van der Waals surface area contributed by atoms with Gasteiger partial charge in [-0.2, -0.15) is 0 Å². The number of halogens is 2. The van der Waals surface area contributed by atoms with E-state index in [1.165, 1.54) is 4.90 Å². The Morgan fingerprint density at radius 2 is 1.62 bits per heavy atom. The van der Waals surface area contributed by atoms with Crippen molar-refractivity contribution < 1.29 is 27.8 Å². The predicted molar refractivity (Wildman–Crippen MR) is 139 cm³/mol. The Hall–Kier alpha value is -3.20. The highest BCUT2D eigenvalue weighted by atomic mass is 19.2. The molecular formula is C28H37F2N3O4. The zero-order valence-electron chi connectivity index (χ0n) is 22.1. The molecule has 0 spiro atoms. The summed E-state index contributed by atoms with van der Waals surface area (Å²) in [6.07, 6.45) is 1.63. The van der Waals surface area contributed by atoms with Crippen LogP contribution in [0.4, 0.5) is 14.5 Å². The topological polar surface area (TPSA) is 62.3 Å². The molecule has 0 N–H and O–H groups in total. The fraction of sp³-hybridized carbons (Fsp3) is 0.500. The minimum atomic E-state index is -1.03. The lowest BCUT2D eigenvalue weighted by molar-refractivity contribution is -0.134. The summed E-state index contributed by atoms with van der Waals surface area (Å²) in [5.41, 5.74) is 0.686. The number of rotatable bonds is 6. The summed E-state index contributed by atoms with van der Waals surface area (Å²) in [5, 5.41) is 0. The first-order chi connectivity index (χ1) is 17.7. The van der Waals surface area contributed by atoms with E-state index < -0.39 is 11.6 Å². The van der Waals surface area contributed by atoms with Crippen LogP contribution < -0.4 is 14.4 Å². The molecule has 1 heterocycles. The van der Waals surface area contributed by atoms with Crippen molar-refractivity contribution in [2.45, 2.75) is 52.6 Å². The summed E-state index contributed by atoms with van der Waals surface area (Å²) < 4.78 is 39.7. The minimum absolute atomic E-state index is 0.0298. The van der Waals surface area contributed by atoms with Crippen LogP contribution in [0.3, 0.4) is 0 Å². The van der Waals surface area contributed by atoms with Crippen molar-refractivity contribution in [1.29, 1.82) is 0 Å². The van der Waals surface area contributed by atoms with E-state index in [2.05, 4.69) is 18.7 Å². The number of carbonyl (C=O) groups excluding carboxylic acids is 2. The van der Waals surface area contributed by atoms with E-state index in [4.69, 9.17) is 9.47 Å². The van der Waals surface area contributed by atoms with Crippen LogP contribution in [0.15, 0.2) is 36.4 Å². The van der Waals surface area contributed by atoms with Crippen LogP contribution in [-0.4, -0.2) is 67.6 Å². The van der Waals surface area contributed by atoms with Gasteiger partial charge < -0.3 is 24.2 Å². The van der Waals surface area contributed by atoms with Crippen LogP contribution in [0.1, 0.15) is 45.6 Å². The van der Waals surface area contributed by atoms with E-state index in [-0.39, 0.29) is 37.4 Å². The molecule has 0 saturated heterocycles. The van der Waals surface area contributed by atoms with Crippen LogP contribution in [0, 0.1) is 11.6 Å². The fourth-order valence-electron chi connectivity index (χ4n) is 4.48. The summed E-state index contributed by atoms with van der Waals surface area (Å²) in [6, 6.07) is 9.41. The third-order valence-electron chi connectivity index (χ3n) is 6.56. The van der Waals surface area contributed by atoms with Crippen LogP contribution in [0.5, 0.6) is 11.5 Å². The molecule has 37 heavy (non-hydrogen) atoms. The third-order valence-corrected chi connectivity index (χ3v) is 6.56. The van der Waals surface area contributed by atoms with Gasteiger partial charge in [0.2, 0.25) is 5.91 Å². The first-order valence-corrected chi connectivity index (χ1v) is 12.8. The number of carbonyl (C=O) groups is 2. The lowest BCUT2D eigenvalue weighted by Gasteiger charge is -2.33. The molecule has 1 aliphatic heterocycles. The molecule has 0 aliphatic carbocycles. The summed E-state index contributed by atoms with van der Waals surface area (Å²) >= 11 is 0. The van der Waals surface area contributed by atoms with Gasteiger partial charge in [-0.25, -0.2) is 8.78 Å². The molecule has 0 bridgehead atoms. The summed E-state index contributed by atoms with van der Waals surface area (Å²) in [4.78, 5) is 31.6. The molecule has 0 unspecified atom stereocenters. The molecule has 3 rings (SSSR count). The van der Waals surface area contributed by atoms with Gasteiger partial charge in [-0.1, -0.05) is 13.0 Å². The van der Waals surface area contributed by atoms with Gasteiger partial charge in [0.15, 0.2) is 18.2 Å². The zero-order valence-corrected chi connectivity index (χ0v) is 22.1. The quantitative estimate of drug-likeness (QED) is 0.559. The second-order valence-corrected chi connectivity index (χ2v) is 9.41. The molecule has 202 valence electrons. The van der Waals surface area contributed by atoms with Gasteiger partial charge in [0.1, 0.15) is 11.5 Å². The number of benzene rings is 2. The van der Waals surface area contributed by atoms with Crippen molar-refractivity contribution >= 4 is 17.5 Å². The van der Waals surface area contributed by atoms with E-state index in [0.29, 0.717) is 48.7 Å². The molecule has 0 radical (unpaired) electrons. The first-order valence-electron chi connectivity index (χ1n) is 12.8. The van der Waals surface area contributed by atoms with Crippen molar-refractivity contribution in [1.82, 2.24) is 9.80 Å². The Labute approximate surface area is 217 Å². The van der Waals surface area contributed by atoms with E-state index in [1.54, 1.807) is 43.2 Å². The molecule has 1 aliphatic rings. The number of fused-ring (bicyclic) bond motifs is 1. The smallest absolute Gasteiger partial charge is 0.260 e. The van der Waals surface area contributed by atoms with Crippen molar-refractivity contribution in [2.24, 2.45) is 0 Å². The molecule has 0 atom stereocenters. The van der Waals surface area contributed by atoms with Gasteiger partial charge in [-0.3, -0.25) is 9.59 Å². The van der Waals surface area contributed by atoms with Crippen LogP contribution >= 0.6 is 0 Å². The van der Waals surface area contributed by atoms with Crippen molar-refractivity contribution in [3.8, 4) is 11.5 Å². The van der Waals surface area contributed by atoms with Gasteiger partial charge >= 0.3 is 0 Å². The van der Waals surface area contributed by atoms with Crippen LogP contribution in [0.2, 0.25) is 0 Å². The van der Waals surface area contributed by atoms with E-state index in [9.17, 15) is 18.4 Å². The van der Waals surface area contributed by atoms with Crippen LogP contribution in [-0.2, 0) is 16.1 Å². The number of ether oxygens (including phenoxy) is 2. The number of hydrogen-bond acceptors (Lipinski definition) is 5. The predicted octanol–water partition coefficient (Wildman–Crippen LogP) is 4.63. The Kier molecular flexibility index (Phi) is 10.3. The Bertz CT molecular complexity index is 1080. The molecule has 7 nitrogen and oxygen atoms in total. The number of nitrogens with zero attached hydrogens (tertiary/aromatic N) is 3. The summed E-state index contributed by atoms with van der Waals surface area (Å²) in [7, 11) is 1.55. The van der Waals surface area contributed by atoms with Gasteiger partial charge in [0.25, 0.3) is 5.91 Å². The van der Waals surface area contributed by atoms with Crippen molar-refractivity contribution in [3.63, 3.8) is 0 Å². The molecule has 2 amide bonds. The average molecular weight is 518 g/mol.